The summed E-state index contributed by atoms with van der Waals surface area (Å²) in [5.41, 5.74) is 6.78. The molecule has 0 aliphatic carbocycles. The summed E-state index contributed by atoms with van der Waals surface area (Å²) < 4.78 is 5.46. The number of hydrogen-bond acceptors (Lipinski definition) is 4. The van der Waals surface area contributed by atoms with Crippen molar-refractivity contribution in [1.82, 2.24) is 4.98 Å². The Kier molecular flexibility index (Phi) is 4.51. The Morgan fingerprint density at radius 2 is 2.29 bits per heavy atom. The van der Waals surface area contributed by atoms with Crippen molar-refractivity contribution >= 4 is 11.3 Å². The van der Waals surface area contributed by atoms with Crippen molar-refractivity contribution in [3.8, 4) is 0 Å². The Morgan fingerprint density at radius 1 is 1.57 bits per heavy atom. The predicted octanol–water partition coefficient (Wildman–Crippen LogP) is 2.13. The van der Waals surface area contributed by atoms with Gasteiger partial charge >= 0.3 is 0 Å². The molecule has 0 saturated carbocycles. The van der Waals surface area contributed by atoms with Crippen LogP contribution < -0.4 is 5.73 Å². The van der Waals surface area contributed by atoms with E-state index in [1.807, 2.05) is 20.8 Å². The molecule has 0 aliphatic rings. The number of aromatic nitrogens is 1. The number of ether oxygens (including phenoxy) is 1. The molecule has 0 bridgehead atoms. The van der Waals surface area contributed by atoms with E-state index in [-0.39, 0.29) is 12.1 Å². The second-order valence-electron chi connectivity index (χ2n) is 3.46. The van der Waals surface area contributed by atoms with Gasteiger partial charge in [0.2, 0.25) is 0 Å². The largest absolute Gasteiger partial charge is 0.372 e. The van der Waals surface area contributed by atoms with Crippen LogP contribution in [0.5, 0.6) is 0 Å². The third kappa shape index (κ3) is 3.36. The monoisotopic (exact) mass is 214 g/mol. The van der Waals surface area contributed by atoms with E-state index in [4.69, 9.17) is 10.5 Å². The van der Waals surface area contributed by atoms with Gasteiger partial charge in [0.25, 0.3) is 0 Å². The van der Waals surface area contributed by atoms with Gasteiger partial charge in [-0.05, 0) is 20.8 Å². The van der Waals surface area contributed by atoms with E-state index >= 15 is 0 Å². The van der Waals surface area contributed by atoms with Crippen LogP contribution in [0, 0.1) is 0 Å². The van der Waals surface area contributed by atoms with E-state index in [0.29, 0.717) is 0 Å². The molecule has 2 atom stereocenters. The Labute approximate surface area is 89.3 Å². The summed E-state index contributed by atoms with van der Waals surface area (Å²) in [5, 5.41) is 3.11. The molecule has 1 aromatic heterocycles. The highest BCUT2D eigenvalue weighted by Gasteiger charge is 2.10. The Balaban J connectivity index is 2.58. The van der Waals surface area contributed by atoms with E-state index in [1.54, 1.807) is 11.3 Å². The molecule has 0 radical (unpaired) electrons. The van der Waals surface area contributed by atoms with Crippen LogP contribution in [0.25, 0.3) is 0 Å². The fraction of sp³-hybridized carbons (Fsp3) is 0.700. The lowest BCUT2D eigenvalue weighted by atomic mass is 10.2. The average Bonchev–Trinajstić information content (AvgIpc) is 2.52. The zero-order chi connectivity index (χ0) is 10.6. The van der Waals surface area contributed by atoms with Crippen LogP contribution >= 0.6 is 11.3 Å². The van der Waals surface area contributed by atoms with Gasteiger partial charge in [-0.1, -0.05) is 0 Å². The summed E-state index contributed by atoms with van der Waals surface area (Å²) in [5.74, 6) is 0. The van der Waals surface area contributed by atoms with Gasteiger partial charge in [0, 0.05) is 24.4 Å². The maximum absolute atomic E-state index is 5.70. The van der Waals surface area contributed by atoms with Crippen molar-refractivity contribution in [2.75, 3.05) is 6.61 Å². The van der Waals surface area contributed by atoms with Gasteiger partial charge in [-0.25, -0.2) is 4.98 Å². The first kappa shape index (κ1) is 11.6. The smallest absolute Gasteiger partial charge is 0.121 e. The van der Waals surface area contributed by atoms with Crippen LogP contribution in [0.2, 0.25) is 0 Å². The van der Waals surface area contributed by atoms with Crippen LogP contribution in [0.1, 0.15) is 37.6 Å². The first-order chi connectivity index (χ1) is 6.63. The summed E-state index contributed by atoms with van der Waals surface area (Å²) in [7, 11) is 0. The van der Waals surface area contributed by atoms with Gasteiger partial charge in [-0.2, -0.15) is 0 Å². The van der Waals surface area contributed by atoms with Gasteiger partial charge in [-0.15, -0.1) is 11.3 Å². The Hall–Kier alpha value is -0.450. The minimum Gasteiger partial charge on any atom is -0.372 e. The van der Waals surface area contributed by atoms with E-state index in [0.717, 1.165) is 23.7 Å². The molecule has 2 N–H and O–H groups in total. The molecule has 80 valence electrons. The minimum atomic E-state index is 0.104. The van der Waals surface area contributed by atoms with Crippen LogP contribution in [0.4, 0.5) is 0 Å². The first-order valence-corrected chi connectivity index (χ1v) is 5.83. The lowest BCUT2D eigenvalue weighted by Crippen LogP contribution is -2.18. The normalized spacial score (nSPS) is 15.4. The zero-order valence-corrected chi connectivity index (χ0v) is 9.80. The molecule has 0 fully saturated rings. The molecule has 0 aromatic carbocycles. The molecule has 3 nitrogen and oxygen atoms in total. The summed E-state index contributed by atoms with van der Waals surface area (Å²) in [6, 6.07) is 0.173. The summed E-state index contributed by atoms with van der Waals surface area (Å²) in [6.07, 6.45) is 0.946. The van der Waals surface area contributed by atoms with Crippen molar-refractivity contribution in [2.45, 2.75) is 39.3 Å². The fourth-order valence-corrected chi connectivity index (χ4v) is 2.09. The van der Waals surface area contributed by atoms with Crippen molar-refractivity contribution in [2.24, 2.45) is 5.73 Å². The first-order valence-electron chi connectivity index (χ1n) is 4.95. The second-order valence-corrected chi connectivity index (χ2v) is 4.35. The summed E-state index contributed by atoms with van der Waals surface area (Å²) in [4.78, 5) is 4.48. The summed E-state index contributed by atoms with van der Waals surface area (Å²) >= 11 is 1.65. The zero-order valence-electron chi connectivity index (χ0n) is 8.99. The number of rotatable bonds is 5. The van der Waals surface area contributed by atoms with Crippen molar-refractivity contribution in [3.63, 3.8) is 0 Å². The molecule has 0 aliphatic heterocycles. The lowest BCUT2D eigenvalue weighted by molar-refractivity contribution is 0.0761. The van der Waals surface area contributed by atoms with Crippen LogP contribution in [0.3, 0.4) is 0 Å². The van der Waals surface area contributed by atoms with E-state index in [9.17, 15) is 0 Å². The Bertz CT molecular complexity index is 273. The highest BCUT2D eigenvalue weighted by atomic mass is 32.1. The van der Waals surface area contributed by atoms with Gasteiger partial charge in [0.1, 0.15) is 11.1 Å². The molecule has 1 rings (SSSR count). The standard InChI is InChI=1S/C10H18N2OS/c1-4-13-8(3)10-12-9(6-14-10)5-7(2)11/h6-8H,4-5,11H2,1-3H3. The van der Waals surface area contributed by atoms with Crippen molar-refractivity contribution < 1.29 is 4.74 Å². The predicted molar refractivity (Wildman–Crippen MR) is 59.5 cm³/mol. The SMILES string of the molecule is CCOC(C)c1nc(CC(C)N)cs1. The molecule has 1 aromatic rings. The van der Waals surface area contributed by atoms with E-state index < -0.39 is 0 Å². The molecule has 4 heteroatoms. The molecule has 0 saturated heterocycles. The third-order valence-electron chi connectivity index (χ3n) is 1.87. The average molecular weight is 214 g/mol. The van der Waals surface area contributed by atoms with Gasteiger partial charge in [0.05, 0.1) is 5.69 Å². The van der Waals surface area contributed by atoms with Gasteiger partial charge in [-0.3, -0.25) is 0 Å². The lowest BCUT2D eigenvalue weighted by Gasteiger charge is -2.07. The van der Waals surface area contributed by atoms with Crippen molar-refractivity contribution in [1.29, 1.82) is 0 Å². The topological polar surface area (TPSA) is 48.1 Å². The van der Waals surface area contributed by atoms with Crippen LogP contribution in [-0.2, 0) is 11.2 Å². The maximum Gasteiger partial charge on any atom is 0.121 e. The number of nitrogens with zero attached hydrogens (tertiary/aromatic N) is 1. The highest BCUT2D eigenvalue weighted by Crippen LogP contribution is 2.21. The quantitative estimate of drug-likeness (QED) is 0.817. The molecule has 0 spiro atoms. The van der Waals surface area contributed by atoms with Gasteiger partial charge in [0.15, 0.2) is 0 Å². The molecule has 1 heterocycles. The molecule has 14 heavy (non-hydrogen) atoms. The highest BCUT2D eigenvalue weighted by molar-refractivity contribution is 7.09. The third-order valence-corrected chi connectivity index (χ3v) is 2.92. The van der Waals surface area contributed by atoms with Gasteiger partial charge < -0.3 is 10.5 Å². The number of hydrogen-bond donors (Lipinski definition) is 1. The fourth-order valence-electron chi connectivity index (χ4n) is 1.25. The molecule has 2 unspecified atom stereocenters. The minimum absolute atomic E-state index is 0.104. The maximum atomic E-state index is 5.70. The van der Waals surface area contributed by atoms with Crippen LogP contribution in [0.15, 0.2) is 5.38 Å². The molecule has 0 amide bonds. The number of nitrogens with two attached hydrogens (primary N) is 1. The van der Waals surface area contributed by atoms with Crippen molar-refractivity contribution in [3.05, 3.63) is 16.1 Å². The molecular weight excluding hydrogens is 196 g/mol. The number of thiazole rings is 1. The summed E-state index contributed by atoms with van der Waals surface area (Å²) in [6.45, 7) is 6.74. The van der Waals surface area contributed by atoms with Crippen LogP contribution in [-0.4, -0.2) is 17.6 Å². The van der Waals surface area contributed by atoms with E-state index in [1.165, 1.54) is 0 Å². The Morgan fingerprint density at radius 3 is 2.86 bits per heavy atom. The van der Waals surface area contributed by atoms with E-state index in [2.05, 4.69) is 10.4 Å². The molecular formula is C10H18N2OS. The second kappa shape index (κ2) is 5.44.